The van der Waals surface area contributed by atoms with Crippen LogP contribution in [0.4, 0.5) is 5.82 Å². The number of aliphatic hydroxyl groups is 1. The van der Waals surface area contributed by atoms with Gasteiger partial charge in [0.1, 0.15) is 24.1 Å². The summed E-state index contributed by atoms with van der Waals surface area (Å²) in [6.45, 7) is 0. The number of imidazole rings is 1. The van der Waals surface area contributed by atoms with Gasteiger partial charge in [-0.2, -0.15) is 11.8 Å². The molecule has 2 aromatic heterocycles. The molecule has 116 valence electrons. The van der Waals surface area contributed by atoms with Gasteiger partial charge >= 0.3 is 0 Å². The van der Waals surface area contributed by atoms with Crippen LogP contribution in [-0.4, -0.2) is 54.9 Å². The molecule has 0 aliphatic carbocycles. The summed E-state index contributed by atoms with van der Waals surface area (Å²) in [6, 6.07) is -0.768. The molecule has 0 aromatic carbocycles. The molecule has 3 N–H and O–H groups in total. The number of thioether (sulfide) groups is 1. The molecule has 0 spiro atoms. The second-order valence-electron chi connectivity index (χ2n) is 4.79. The van der Waals surface area contributed by atoms with Crippen LogP contribution in [0.5, 0.6) is 0 Å². The molecule has 0 saturated carbocycles. The Morgan fingerprint density at radius 1 is 1.55 bits per heavy atom. The largest absolute Gasteiger partial charge is 0.390 e. The maximum absolute atomic E-state index is 10.3. The van der Waals surface area contributed by atoms with Crippen molar-refractivity contribution in [2.45, 2.75) is 24.5 Å². The molecule has 1 saturated heterocycles. The number of fused-ring (bicyclic) bond motifs is 1. The number of nitrogens with two attached hydrogens (primary N) is 1. The Labute approximate surface area is 129 Å². The van der Waals surface area contributed by atoms with Crippen LogP contribution in [0.1, 0.15) is 6.23 Å². The van der Waals surface area contributed by atoms with Crippen molar-refractivity contribution in [3.8, 4) is 0 Å². The number of nitrogens with zero attached hydrogens (tertiary/aromatic N) is 7. The molecule has 1 unspecified atom stereocenters. The topological polar surface area (TPSA) is 148 Å². The third kappa shape index (κ3) is 2.33. The third-order valence-electron chi connectivity index (χ3n) is 3.51. The van der Waals surface area contributed by atoms with Gasteiger partial charge in [-0.15, -0.1) is 0 Å². The lowest BCUT2D eigenvalue weighted by molar-refractivity contribution is -0.00489. The van der Waals surface area contributed by atoms with E-state index >= 15 is 0 Å². The van der Waals surface area contributed by atoms with Gasteiger partial charge in [0.25, 0.3) is 0 Å². The van der Waals surface area contributed by atoms with E-state index in [9.17, 15) is 5.11 Å². The summed E-state index contributed by atoms with van der Waals surface area (Å²) in [5.74, 6) is 0.835. The standard InChI is InChI=1S/C11H14N8O2S/c1-22-2-5-8(20)6(17-18-13)11(21-5)19-4-16-7-9(12)14-3-15-10(7)19/h3-6,8,11,20H,2H2,1H3,(H2,12,14,15)/t5-,6?,8-,11-/m1/s1. The summed E-state index contributed by atoms with van der Waals surface area (Å²) in [4.78, 5) is 15.0. The van der Waals surface area contributed by atoms with Gasteiger partial charge in [-0.25, -0.2) is 15.0 Å². The molecule has 0 bridgehead atoms. The van der Waals surface area contributed by atoms with Crippen LogP contribution in [-0.2, 0) is 4.74 Å². The summed E-state index contributed by atoms with van der Waals surface area (Å²) < 4.78 is 7.47. The quantitative estimate of drug-likeness (QED) is 0.478. The Morgan fingerprint density at radius 2 is 2.36 bits per heavy atom. The zero-order chi connectivity index (χ0) is 15.7. The maximum atomic E-state index is 10.3. The van der Waals surface area contributed by atoms with Crippen LogP contribution in [0.2, 0.25) is 0 Å². The summed E-state index contributed by atoms with van der Waals surface area (Å²) in [5, 5.41) is 14.0. The lowest BCUT2D eigenvalue weighted by Gasteiger charge is -2.17. The zero-order valence-corrected chi connectivity index (χ0v) is 12.5. The SMILES string of the molecule is CSC[C@H]1O[C@@H](n2cnc3c(N)ncnc32)C(N=[N+]=[N-])[C@@H]1O. The lowest BCUT2D eigenvalue weighted by atomic mass is 10.1. The average Bonchev–Trinajstić information content (AvgIpc) is 3.05. The zero-order valence-electron chi connectivity index (χ0n) is 11.6. The molecule has 3 heterocycles. The van der Waals surface area contributed by atoms with Crippen molar-refractivity contribution in [1.82, 2.24) is 19.5 Å². The Hall–Kier alpha value is -2.07. The highest BCUT2D eigenvalue weighted by Crippen LogP contribution is 2.35. The normalized spacial score (nSPS) is 27.9. The number of anilines is 1. The van der Waals surface area contributed by atoms with E-state index in [0.29, 0.717) is 16.9 Å². The minimum atomic E-state index is -0.898. The number of azide groups is 1. The smallest absolute Gasteiger partial charge is 0.167 e. The fourth-order valence-corrected chi connectivity index (χ4v) is 3.11. The molecule has 2 aromatic rings. The van der Waals surface area contributed by atoms with Crippen LogP contribution in [0.3, 0.4) is 0 Å². The molecule has 4 atom stereocenters. The highest BCUT2D eigenvalue weighted by atomic mass is 32.2. The van der Waals surface area contributed by atoms with E-state index in [-0.39, 0.29) is 5.82 Å². The van der Waals surface area contributed by atoms with E-state index in [1.165, 1.54) is 24.4 Å². The van der Waals surface area contributed by atoms with Crippen molar-refractivity contribution < 1.29 is 9.84 Å². The van der Waals surface area contributed by atoms with Crippen LogP contribution in [0, 0.1) is 0 Å². The number of aromatic nitrogens is 4. The first-order chi connectivity index (χ1) is 10.7. The van der Waals surface area contributed by atoms with Crippen molar-refractivity contribution in [3.05, 3.63) is 23.1 Å². The molecule has 22 heavy (non-hydrogen) atoms. The molecule has 3 rings (SSSR count). The van der Waals surface area contributed by atoms with Gasteiger partial charge in [0.05, 0.1) is 18.5 Å². The third-order valence-corrected chi connectivity index (χ3v) is 4.18. The van der Waals surface area contributed by atoms with Crippen molar-refractivity contribution >= 4 is 28.7 Å². The van der Waals surface area contributed by atoms with E-state index in [4.69, 9.17) is 16.0 Å². The van der Waals surface area contributed by atoms with E-state index in [1.807, 2.05) is 6.26 Å². The highest BCUT2D eigenvalue weighted by Gasteiger charge is 2.44. The van der Waals surface area contributed by atoms with Gasteiger partial charge in [0.2, 0.25) is 0 Å². The summed E-state index contributed by atoms with van der Waals surface area (Å²) in [7, 11) is 0. The Morgan fingerprint density at radius 3 is 3.09 bits per heavy atom. The molecule has 1 aliphatic heterocycles. The summed E-state index contributed by atoms with van der Waals surface area (Å²) >= 11 is 1.54. The molecule has 11 heteroatoms. The molecule has 0 radical (unpaired) electrons. The number of ether oxygens (including phenoxy) is 1. The fraction of sp³-hybridized carbons (Fsp3) is 0.545. The highest BCUT2D eigenvalue weighted by molar-refractivity contribution is 7.98. The number of rotatable bonds is 4. The first-order valence-electron chi connectivity index (χ1n) is 6.47. The van der Waals surface area contributed by atoms with Crippen LogP contribution in [0.25, 0.3) is 21.6 Å². The number of hydrogen-bond donors (Lipinski definition) is 2. The number of hydrogen-bond acceptors (Lipinski definition) is 8. The summed E-state index contributed by atoms with van der Waals surface area (Å²) in [5.41, 5.74) is 15.4. The summed E-state index contributed by atoms with van der Waals surface area (Å²) in [6.07, 6.45) is 2.70. The van der Waals surface area contributed by atoms with Gasteiger partial charge in [-0.1, -0.05) is 5.11 Å². The van der Waals surface area contributed by atoms with Crippen molar-refractivity contribution in [3.63, 3.8) is 0 Å². The first kappa shape index (κ1) is 14.9. The maximum Gasteiger partial charge on any atom is 0.167 e. The predicted octanol–water partition coefficient (Wildman–Crippen LogP) is 0.709. The monoisotopic (exact) mass is 322 g/mol. The molecular formula is C11H14N8O2S. The molecule has 10 nitrogen and oxygen atoms in total. The van der Waals surface area contributed by atoms with Gasteiger partial charge in [0, 0.05) is 10.7 Å². The molecule has 0 amide bonds. The Balaban J connectivity index is 2.04. The second kappa shape index (κ2) is 5.97. The second-order valence-corrected chi connectivity index (χ2v) is 5.70. The van der Waals surface area contributed by atoms with Crippen molar-refractivity contribution in [1.29, 1.82) is 0 Å². The van der Waals surface area contributed by atoms with Crippen LogP contribution in [0.15, 0.2) is 17.8 Å². The molecular weight excluding hydrogens is 308 g/mol. The number of aliphatic hydroxyl groups excluding tert-OH is 1. The van der Waals surface area contributed by atoms with Gasteiger partial charge in [-0.3, -0.25) is 4.57 Å². The lowest BCUT2D eigenvalue weighted by Crippen LogP contribution is -2.31. The number of nitrogen functional groups attached to an aromatic ring is 1. The van der Waals surface area contributed by atoms with Gasteiger partial charge < -0.3 is 15.6 Å². The van der Waals surface area contributed by atoms with Gasteiger partial charge in [0.15, 0.2) is 11.5 Å². The Kier molecular flexibility index (Phi) is 4.03. The van der Waals surface area contributed by atoms with E-state index < -0.39 is 24.5 Å². The van der Waals surface area contributed by atoms with E-state index in [2.05, 4.69) is 25.0 Å². The molecule has 1 fully saturated rings. The average molecular weight is 322 g/mol. The van der Waals surface area contributed by atoms with Crippen molar-refractivity contribution in [2.24, 2.45) is 5.11 Å². The minimum absolute atomic E-state index is 0.253. The van der Waals surface area contributed by atoms with Crippen LogP contribution < -0.4 is 5.73 Å². The predicted molar refractivity (Wildman–Crippen MR) is 81.0 cm³/mol. The fourth-order valence-electron chi connectivity index (χ4n) is 2.50. The first-order valence-corrected chi connectivity index (χ1v) is 7.86. The Bertz CT molecular complexity index is 730. The minimum Gasteiger partial charge on any atom is -0.390 e. The van der Waals surface area contributed by atoms with Gasteiger partial charge in [-0.05, 0) is 11.8 Å². The van der Waals surface area contributed by atoms with E-state index in [1.54, 1.807) is 4.57 Å². The van der Waals surface area contributed by atoms with E-state index in [0.717, 1.165) is 0 Å². The van der Waals surface area contributed by atoms with Crippen LogP contribution >= 0.6 is 11.8 Å². The molecule has 1 aliphatic rings. The van der Waals surface area contributed by atoms with Crippen molar-refractivity contribution in [2.75, 3.05) is 17.7 Å².